The monoisotopic (exact) mass is 353 g/mol. The van der Waals surface area contributed by atoms with Crippen LogP contribution in [0, 0.1) is 6.92 Å². The molecule has 0 aliphatic carbocycles. The van der Waals surface area contributed by atoms with E-state index in [1.54, 1.807) is 7.11 Å². The minimum absolute atomic E-state index is 0.798. The van der Waals surface area contributed by atoms with Gasteiger partial charge < -0.3 is 4.74 Å². The molecule has 0 unspecified atom stereocenters. The molecular formula is C23H19N3O. The second-order valence-electron chi connectivity index (χ2n) is 6.85. The van der Waals surface area contributed by atoms with Crippen LogP contribution in [0.4, 0.5) is 0 Å². The lowest BCUT2D eigenvalue weighted by atomic mass is 10.00. The minimum atomic E-state index is 0.798. The summed E-state index contributed by atoms with van der Waals surface area (Å²) in [5.74, 6) is 0.831. The zero-order valence-electron chi connectivity index (χ0n) is 15.3. The fraction of sp³-hybridized carbons (Fsp3) is 0.130. The molecule has 0 saturated carbocycles. The van der Waals surface area contributed by atoms with E-state index in [0.717, 1.165) is 39.9 Å². The van der Waals surface area contributed by atoms with Gasteiger partial charge in [0.25, 0.3) is 0 Å². The smallest absolute Gasteiger partial charge is 0.165 e. The molecule has 4 heteroatoms. The van der Waals surface area contributed by atoms with Gasteiger partial charge in [0.1, 0.15) is 16.9 Å². The highest BCUT2D eigenvalue weighted by atomic mass is 16.5. The lowest BCUT2D eigenvalue weighted by Gasteiger charge is -2.10. The molecule has 2 aromatic carbocycles. The summed E-state index contributed by atoms with van der Waals surface area (Å²) in [6.45, 7) is 2.08. The van der Waals surface area contributed by atoms with Crippen molar-refractivity contribution in [3.63, 3.8) is 0 Å². The van der Waals surface area contributed by atoms with Crippen molar-refractivity contribution in [1.82, 2.24) is 14.4 Å². The number of imidazole rings is 1. The van der Waals surface area contributed by atoms with Gasteiger partial charge in [0.15, 0.2) is 5.65 Å². The second kappa shape index (κ2) is 6.09. The molecule has 0 aliphatic heterocycles. The topological polar surface area (TPSA) is 39.4 Å². The summed E-state index contributed by atoms with van der Waals surface area (Å²) in [4.78, 5) is 9.86. The number of hydrogen-bond acceptors (Lipinski definition) is 3. The summed E-state index contributed by atoms with van der Waals surface area (Å²) in [7, 11) is 1.69. The van der Waals surface area contributed by atoms with Crippen molar-refractivity contribution in [3.8, 4) is 5.75 Å². The van der Waals surface area contributed by atoms with Crippen molar-refractivity contribution in [3.05, 3.63) is 83.6 Å². The molecule has 3 aromatic heterocycles. The standard InChI is InChI=1S/C23H19N3O/c1-15-10-11-26-21(12-15)25-22-19(13-16-6-4-3-5-7-16)18-14-17(27-2)8-9-20(18)24-23(22)26/h3-12,14H,13H2,1-2H3. The maximum atomic E-state index is 5.46. The van der Waals surface area contributed by atoms with Gasteiger partial charge >= 0.3 is 0 Å². The Morgan fingerprint density at radius 3 is 2.63 bits per heavy atom. The number of methoxy groups -OCH3 is 1. The molecule has 0 amide bonds. The Morgan fingerprint density at radius 2 is 1.81 bits per heavy atom. The van der Waals surface area contributed by atoms with Gasteiger partial charge in [-0.1, -0.05) is 30.3 Å². The van der Waals surface area contributed by atoms with Gasteiger partial charge in [-0.15, -0.1) is 0 Å². The zero-order valence-corrected chi connectivity index (χ0v) is 15.3. The number of aromatic nitrogens is 3. The molecule has 0 N–H and O–H groups in total. The summed E-state index contributed by atoms with van der Waals surface area (Å²) in [6, 6.07) is 20.7. The van der Waals surface area contributed by atoms with Gasteiger partial charge in [0.05, 0.1) is 12.6 Å². The van der Waals surface area contributed by atoms with E-state index in [2.05, 4.69) is 60.0 Å². The van der Waals surface area contributed by atoms with Crippen LogP contribution < -0.4 is 4.74 Å². The summed E-state index contributed by atoms with van der Waals surface area (Å²) in [6.07, 6.45) is 2.85. The lowest BCUT2D eigenvalue weighted by Crippen LogP contribution is -1.96. The van der Waals surface area contributed by atoms with Crippen LogP contribution in [0.2, 0.25) is 0 Å². The maximum Gasteiger partial charge on any atom is 0.165 e. The third-order valence-electron chi connectivity index (χ3n) is 5.02. The molecular weight excluding hydrogens is 334 g/mol. The Labute approximate surface area is 157 Å². The molecule has 0 spiro atoms. The fourth-order valence-electron chi connectivity index (χ4n) is 3.64. The number of fused-ring (bicyclic) bond motifs is 4. The highest BCUT2D eigenvalue weighted by Crippen LogP contribution is 2.31. The maximum absolute atomic E-state index is 5.46. The van der Waals surface area contributed by atoms with Crippen molar-refractivity contribution >= 4 is 27.7 Å². The number of ether oxygens (including phenoxy) is 1. The molecule has 27 heavy (non-hydrogen) atoms. The molecule has 4 nitrogen and oxygen atoms in total. The molecule has 0 radical (unpaired) electrons. The van der Waals surface area contributed by atoms with Crippen molar-refractivity contribution in [2.24, 2.45) is 0 Å². The van der Waals surface area contributed by atoms with Gasteiger partial charge in [0.2, 0.25) is 0 Å². The van der Waals surface area contributed by atoms with E-state index in [1.165, 1.54) is 16.7 Å². The largest absolute Gasteiger partial charge is 0.497 e. The van der Waals surface area contributed by atoms with Crippen LogP contribution in [-0.2, 0) is 6.42 Å². The molecule has 0 saturated heterocycles. The average Bonchev–Trinajstić information content (AvgIpc) is 3.05. The Bertz CT molecular complexity index is 1290. The van der Waals surface area contributed by atoms with Crippen molar-refractivity contribution in [2.45, 2.75) is 13.3 Å². The predicted octanol–water partition coefficient (Wildman–Crippen LogP) is 4.94. The minimum Gasteiger partial charge on any atom is -0.497 e. The van der Waals surface area contributed by atoms with E-state index >= 15 is 0 Å². The lowest BCUT2D eigenvalue weighted by molar-refractivity contribution is 0.415. The first-order valence-corrected chi connectivity index (χ1v) is 9.02. The van der Waals surface area contributed by atoms with Crippen LogP contribution in [0.3, 0.4) is 0 Å². The number of aryl methyl sites for hydroxylation is 1. The summed E-state index contributed by atoms with van der Waals surface area (Å²) >= 11 is 0. The number of nitrogens with zero attached hydrogens (tertiary/aromatic N) is 3. The van der Waals surface area contributed by atoms with Gasteiger partial charge in [-0.2, -0.15) is 0 Å². The van der Waals surface area contributed by atoms with Gasteiger partial charge in [-0.25, -0.2) is 9.97 Å². The van der Waals surface area contributed by atoms with E-state index in [-0.39, 0.29) is 0 Å². The van der Waals surface area contributed by atoms with Gasteiger partial charge in [-0.05, 0) is 53.9 Å². The Balaban J connectivity index is 1.88. The van der Waals surface area contributed by atoms with Crippen LogP contribution in [0.1, 0.15) is 16.7 Å². The van der Waals surface area contributed by atoms with E-state index in [9.17, 15) is 0 Å². The van der Waals surface area contributed by atoms with E-state index in [0.29, 0.717) is 0 Å². The van der Waals surface area contributed by atoms with E-state index in [4.69, 9.17) is 14.7 Å². The number of rotatable bonds is 3. The molecule has 0 fully saturated rings. The molecule has 0 aliphatic rings. The highest BCUT2D eigenvalue weighted by Gasteiger charge is 2.16. The van der Waals surface area contributed by atoms with E-state index < -0.39 is 0 Å². The summed E-state index contributed by atoms with van der Waals surface area (Å²) in [5, 5.41) is 1.09. The fourth-order valence-corrected chi connectivity index (χ4v) is 3.64. The molecule has 5 rings (SSSR count). The van der Waals surface area contributed by atoms with Crippen molar-refractivity contribution < 1.29 is 4.74 Å². The first-order chi connectivity index (χ1) is 13.2. The van der Waals surface area contributed by atoms with Crippen molar-refractivity contribution in [1.29, 1.82) is 0 Å². The number of hydrogen-bond donors (Lipinski definition) is 0. The third kappa shape index (κ3) is 2.61. The van der Waals surface area contributed by atoms with Crippen LogP contribution >= 0.6 is 0 Å². The van der Waals surface area contributed by atoms with Crippen molar-refractivity contribution in [2.75, 3.05) is 7.11 Å². The number of pyridine rings is 2. The van der Waals surface area contributed by atoms with Crippen LogP contribution in [-0.4, -0.2) is 21.5 Å². The zero-order chi connectivity index (χ0) is 18.4. The normalized spacial score (nSPS) is 11.5. The Morgan fingerprint density at radius 1 is 0.963 bits per heavy atom. The molecule has 0 atom stereocenters. The third-order valence-corrected chi connectivity index (χ3v) is 5.02. The highest BCUT2D eigenvalue weighted by molar-refractivity contribution is 5.97. The van der Waals surface area contributed by atoms with Crippen LogP contribution in [0.5, 0.6) is 5.75 Å². The summed E-state index contributed by atoms with van der Waals surface area (Å²) in [5.41, 5.74) is 7.35. The van der Waals surface area contributed by atoms with Gasteiger partial charge in [0, 0.05) is 18.0 Å². The Hall–Kier alpha value is -3.40. The first-order valence-electron chi connectivity index (χ1n) is 9.02. The molecule has 5 aromatic rings. The van der Waals surface area contributed by atoms with Crippen LogP contribution in [0.25, 0.3) is 27.7 Å². The van der Waals surface area contributed by atoms with E-state index in [1.807, 2.05) is 18.2 Å². The van der Waals surface area contributed by atoms with Gasteiger partial charge in [-0.3, -0.25) is 4.40 Å². The molecule has 0 bridgehead atoms. The molecule has 132 valence electrons. The summed E-state index contributed by atoms with van der Waals surface area (Å²) < 4.78 is 7.53. The second-order valence-corrected chi connectivity index (χ2v) is 6.85. The quantitative estimate of drug-likeness (QED) is 0.461. The van der Waals surface area contributed by atoms with Crippen LogP contribution in [0.15, 0.2) is 66.9 Å². The number of benzene rings is 2. The SMILES string of the molecule is COc1ccc2nc3c(nc4cc(C)ccn43)c(Cc3ccccc3)c2c1. The first kappa shape index (κ1) is 15.8. The predicted molar refractivity (Wildman–Crippen MR) is 109 cm³/mol. The average molecular weight is 353 g/mol. The molecule has 3 heterocycles. The Kier molecular flexibility index (Phi) is 3.57.